The third-order valence-electron chi connectivity index (χ3n) is 4.27. The lowest BCUT2D eigenvalue weighted by atomic mass is 10.2. The summed E-state index contributed by atoms with van der Waals surface area (Å²) in [6.45, 7) is 6.02. The molecule has 0 radical (unpaired) electrons. The van der Waals surface area contributed by atoms with Gasteiger partial charge in [-0.1, -0.05) is 0 Å². The summed E-state index contributed by atoms with van der Waals surface area (Å²) >= 11 is 0. The van der Waals surface area contributed by atoms with E-state index in [1.165, 1.54) is 14.2 Å². The van der Waals surface area contributed by atoms with E-state index in [0.29, 0.717) is 22.9 Å². The van der Waals surface area contributed by atoms with Gasteiger partial charge >= 0.3 is 0 Å². The molecule has 2 amide bonds. The SMILES string of the molecule is CCN(CC)c1ccc(NC(=O)CC(=O)Nc2ccc(OC)c(OC)c2)cc1. The smallest absolute Gasteiger partial charge is 0.233 e. The molecule has 2 aromatic carbocycles. The molecule has 2 aromatic rings. The van der Waals surface area contributed by atoms with Crippen LogP contribution >= 0.6 is 0 Å². The standard InChI is InChI=1S/C21H27N3O4/c1-5-24(6-2)17-10-7-15(8-11-17)22-20(25)14-21(26)23-16-9-12-18(27-3)19(13-16)28-4/h7-13H,5-6,14H2,1-4H3,(H,22,25)(H,23,26). The van der Waals surface area contributed by atoms with Crippen LogP contribution in [-0.2, 0) is 9.59 Å². The van der Waals surface area contributed by atoms with Crippen LogP contribution in [0.25, 0.3) is 0 Å². The molecule has 2 N–H and O–H groups in total. The molecule has 0 aliphatic carbocycles. The Kier molecular flexibility index (Phi) is 7.68. The first-order valence-electron chi connectivity index (χ1n) is 9.17. The fourth-order valence-corrected chi connectivity index (χ4v) is 2.81. The Morgan fingerprint density at radius 1 is 0.821 bits per heavy atom. The first-order chi connectivity index (χ1) is 13.5. The molecular formula is C21H27N3O4. The minimum Gasteiger partial charge on any atom is -0.493 e. The Balaban J connectivity index is 1.91. The average Bonchev–Trinajstić information content (AvgIpc) is 2.69. The number of hydrogen-bond acceptors (Lipinski definition) is 5. The molecule has 0 saturated heterocycles. The van der Waals surface area contributed by atoms with E-state index >= 15 is 0 Å². The van der Waals surface area contributed by atoms with E-state index in [-0.39, 0.29) is 12.3 Å². The molecule has 0 heterocycles. The van der Waals surface area contributed by atoms with Crippen LogP contribution in [0.4, 0.5) is 17.1 Å². The van der Waals surface area contributed by atoms with Crippen LogP contribution in [0.2, 0.25) is 0 Å². The van der Waals surface area contributed by atoms with Gasteiger partial charge < -0.3 is 25.0 Å². The number of nitrogens with zero attached hydrogens (tertiary/aromatic N) is 1. The zero-order valence-corrected chi connectivity index (χ0v) is 16.7. The summed E-state index contributed by atoms with van der Waals surface area (Å²) in [5, 5.41) is 5.42. The monoisotopic (exact) mass is 385 g/mol. The first-order valence-corrected chi connectivity index (χ1v) is 9.17. The van der Waals surface area contributed by atoms with Crippen LogP contribution in [0.15, 0.2) is 42.5 Å². The number of anilines is 3. The van der Waals surface area contributed by atoms with Crippen molar-refractivity contribution in [3.8, 4) is 11.5 Å². The molecule has 2 rings (SSSR count). The predicted octanol–water partition coefficient (Wildman–Crippen LogP) is 3.52. The van der Waals surface area contributed by atoms with Gasteiger partial charge in [-0.3, -0.25) is 9.59 Å². The van der Waals surface area contributed by atoms with Gasteiger partial charge in [0.05, 0.1) is 14.2 Å². The van der Waals surface area contributed by atoms with Crippen LogP contribution in [0.5, 0.6) is 11.5 Å². The predicted molar refractivity (Wildman–Crippen MR) is 111 cm³/mol. The largest absolute Gasteiger partial charge is 0.493 e. The molecule has 0 aliphatic heterocycles. The van der Waals surface area contributed by atoms with Gasteiger partial charge in [0.1, 0.15) is 6.42 Å². The fourth-order valence-electron chi connectivity index (χ4n) is 2.81. The lowest BCUT2D eigenvalue weighted by molar-refractivity contribution is -0.123. The molecule has 0 unspecified atom stereocenters. The number of methoxy groups -OCH3 is 2. The average molecular weight is 385 g/mol. The van der Waals surface area contributed by atoms with Crippen molar-refractivity contribution in [2.45, 2.75) is 20.3 Å². The Morgan fingerprint density at radius 3 is 1.89 bits per heavy atom. The topological polar surface area (TPSA) is 79.9 Å². The summed E-state index contributed by atoms with van der Waals surface area (Å²) in [6.07, 6.45) is -0.286. The maximum Gasteiger partial charge on any atom is 0.233 e. The third kappa shape index (κ3) is 5.64. The van der Waals surface area contributed by atoms with E-state index in [0.717, 1.165) is 18.8 Å². The van der Waals surface area contributed by atoms with Gasteiger partial charge in [0.2, 0.25) is 11.8 Å². The Bertz CT molecular complexity index is 802. The second kappa shape index (κ2) is 10.2. The van der Waals surface area contributed by atoms with Crippen LogP contribution in [-0.4, -0.2) is 39.1 Å². The zero-order chi connectivity index (χ0) is 20.5. The molecule has 7 heteroatoms. The van der Waals surface area contributed by atoms with Gasteiger partial charge in [-0.15, -0.1) is 0 Å². The third-order valence-corrected chi connectivity index (χ3v) is 4.27. The highest BCUT2D eigenvalue weighted by Crippen LogP contribution is 2.29. The normalized spacial score (nSPS) is 10.1. The number of ether oxygens (including phenoxy) is 2. The maximum absolute atomic E-state index is 12.1. The van der Waals surface area contributed by atoms with Crippen LogP contribution in [0.1, 0.15) is 20.3 Å². The zero-order valence-electron chi connectivity index (χ0n) is 16.7. The lowest BCUT2D eigenvalue weighted by Gasteiger charge is -2.21. The molecule has 0 atom stereocenters. The van der Waals surface area contributed by atoms with Crippen molar-refractivity contribution in [2.75, 3.05) is 42.8 Å². The Labute approximate surface area is 165 Å². The van der Waals surface area contributed by atoms with E-state index < -0.39 is 5.91 Å². The van der Waals surface area contributed by atoms with Crippen molar-refractivity contribution in [1.82, 2.24) is 0 Å². The molecule has 0 saturated carbocycles. The summed E-state index contributed by atoms with van der Waals surface area (Å²) < 4.78 is 10.4. The van der Waals surface area contributed by atoms with Crippen LogP contribution < -0.4 is 25.0 Å². The quantitative estimate of drug-likeness (QED) is 0.646. The Morgan fingerprint density at radius 2 is 1.36 bits per heavy atom. The molecule has 0 fully saturated rings. The van der Waals surface area contributed by atoms with Crippen molar-refractivity contribution in [3.05, 3.63) is 42.5 Å². The van der Waals surface area contributed by atoms with Gasteiger partial charge in [0.15, 0.2) is 11.5 Å². The van der Waals surface area contributed by atoms with Crippen LogP contribution in [0.3, 0.4) is 0 Å². The molecular weight excluding hydrogens is 358 g/mol. The molecule has 7 nitrogen and oxygen atoms in total. The fraction of sp³-hybridized carbons (Fsp3) is 0.333. The van der Waals surface area contributed by atoms with E-state index in [4.69, 9.17) is 9.47 Å². The van der Waals surface area contributed by atoms with Gasteiger partial charge in [-0.25, -0.2) is 0 Å². The van der Waals surface area contributed by atoms with E-state index in [2.05, 4.69) is 29.4 Å². The number of nitrogens with one attached hydrogen (secondary N) is 2. The van der Waals surface area contributed by atoms with Crippen molar-refractivity contribution in [1.29, 1.82) is 0 Å². The van der Waals surface area contributed by atoms with Crippen molar-refractivity contribution < 1.29 is 19.1 Å². The van der Waals surface area contributed by atoms with Crippen molar-refractivity contribution >= 4 is 28.9 Å². The van der Waals surface area contributed by atoms with Crippen LogP contribution in [0, 0.1) is 0 Å². The second-order valence-electron chi connectivity index (χ2n) is 6.06. The number of hydrogen-bond donors (Lipinski definition) is 2. The van der Waals surface area contributed by atoms with Gasteiger partial charge in [0, 0.05) is 36.2 Å². The highest BCUT2D eigenvalue weighted by molar-refractivity contribution is 6.08. The summed E-state index contributed by atoms with van der Waals surface area (Å²) in [5.41, 5.74) is 2.27. The molecule has 28 heavy (non-hydrogen) atoms. The second-order valence-corrected chi connectivity index (χ2v) is 6.06. The molecule has 0 spiro atoms. The Hall–Kier alpha value is -3.22. The maximum atomic E-state index is 12.1. The minimum atomic E-state index is -0.413. The number of carbonyl (C=O) groups excluding carboxylic acids is 2. The number of amides is 2. The minimum absolute atomic E-state index is 0.286. The van der Waals surface area contributed by atoms with Gasteiger partial charge in [-0.05, 0) is 50.2 Å². The van der Waals surface area contributed by atoms with Gasteiger partial charge in [0.25, 0.3) is 0 Å². The van der Waals surface area contributed by atoms with Crippen molar-refractivity contribution in [3.63, 3.8) is 0 Å². The first kappa shape index (κ1) is 21.1. The summed E-state index contributed by atoms with van der Waals surface area (Å²) in [5.74, 6) is 0.266. The van der Waals surface area contributed by atoms with E-state index in [9.17, 15) is 9.59 Å². The molecule has 150 valence electrons. The van der Waals surface area contributed by atoms with Gasteiger partial charge in [-0.2, -0.15) is 0 Å². The van der Waals surface area contributed by atoms with E-state index in [1.807, 2.05) is 24.3 Å². The molecule has 0 aromatic heterocycles. The summed E-state index contributed by atoms with van der Waals surface area (Å²) in [7, 11) is 3.05. The summed E-state index contributed by atoms with van der Waals surface area (Å²) in [6, 6.07) is 12.6. The molecule has 0 aliphatic rings. The van der Waals surface area contributed by atoms with E-state index in [1.54, 1.807) is 18.2 Å². The highest BCUT2D eigenvalue weighted by Gasteiger charge is 2.12. The lowest BCUT2D eigenvalue weighted by Crippen LogP contribution is -2.22. The number of rotatable bonds is 9. The van der Waals surface area contributed by atoms with Crippen molar-refractivity contribution in [2.24, 2.45) is 0 Å². The number of carbonyl (C=O) groups is 2. The highest BCUT2D eigenvalue weighted by atomic mass is 16.5. The summed E-state index contributed by atoms with van der Waals surface area (Å²) in [4.78, 5) is 26.5. The number of benzene rings is 2. The molecule has 0 bridgehead atoms.